The van der Waals surface area contributed by atoms with Crippen LogP contribution < -0.4 is 16.4 Å². The van der Waals surface area contributed by atoms with E-state index in [1.807, 2.05) is 73.4 Å². The van der Waals surface area contributed by atoms with Crippen molar-refractivity contribution >= 4 is 50.9 Å². The molecule has 2 atom stereocenters. The zero-order valence-corrected chi connectivity index (χ0v) is 26.9. The summed E-state index contributed by atoms with van der Waals surface area (Å²) in [7, 11) is 0. The van der Waals surface area contributed by atoms with Crippen molar-refractivity contribution in [2.75, 3.05) is 16.4 Å². The zero-order valence-electron chi connectivity index (χ0n) is 26.1. The summed E-state index contributed by atoms with van der Waals surface area (Å²) in [5.74, 6) is 0.0168. The molecule has 0 spiro atoms. The number of aryl methyl sites for hydroxylation is 2. The van der Waals surface area contributed by atoms with Gasteiger partial charge in [0.1, 0.15) is 4.90 Å². The largest absolute Gasteiger partial charge is 0.399 e. The molecule has 2 unspecified atom stereocenters. The Balaban J connectivity index is 1.66. The highest BCUT2D eigenvalue weighted by Gasteiger charge is 2.44. The van der Waals surface area contributed by atoms with Gasteiger partial charge >= 0.3 is 0 Å². The molecule has 0 saturated carbocycles. The summed E-state index contributed by atoms with van der Waals surface area (Å²) in [6.45, 7) is 6.02. The van der Waals surface area contributed by atoms with Gasteiger partial charge in [-0.3, -0.25) is 0 Å². The van der Waals surface area contributed by atoms with E-state index in [0.717, 1.165) is 52.7 Å². The minimum absolute atomic E-state index is 0.0168. The fourth-order valence-electron chi connectivity index (χ4n) is 7.50. The van der Waals surface area contributed by atoms with Gasteiger partial charge in [-0.1, -0.05) is 61.5 Å². The van der Waals surface area contributed by atoms with E-state index >= 15 is 11.7 Å². The topological polar surface area (TPSA) is 60.2 Å². The van der Waals surface area contributed by atoms with Crippen molar-refractivity contribution in [2.45, 2.75) is 56.9 Å². The van der Waals surface area contributed by atoms with Crippen LogP contribution in [0, 0.1) is 6.92 Å². The summed E-state index contributed by atoms with van der Waals surface area (Å²) in [4.78, 5) is 1.35. The number of nitrogen functional groups attached to an aromatic ring is 2. The lowest BCUT2D eigenvalue weighted by molar-refractivity contribution is 0.612. The summed E-state index contributed by atoms with van der Waals surface area (Å²) in [6.07, 6.45) is 10.4. The van der Waals surface area contributed by atoms with E-state index in [9.17, 15) is 0 Å². The smallest absolute Gasteiger partial charge is 0.241 e. The first kappa shape index (κ1) is 30.1. The predicted molar refractivity (Wildman–Crippen MR) is 189 cm³/mol. The molecule has 4 nitrogen and oxygen atoms in total. The molecule has 0 amide bonds. The van der Waals surface area contributed by atoms with Crippen LogP contribution in [0.3, 0.4) is 0 Å². The third kappa shape index (κ3) is 4.78. The summed E-state index contributed by atoms with van der Waals surface area (Å²) in [5.41, 5.74) is 20.3. The number of hydrogen-bond acceptors (Lipinski definition) is 3. The Bertz CT molecular complexity index is 2060. The summed E-state index contributed by atoms with van der Waals surface area (Å²) < 4.78 is 50.2. The van der Waals surface area contributed by atoms with Crippen LogP contribution in [-0.4, -0.2) is 10.6 Å². The molecule has 0 bridgehead atoms. The van der Waals surface area contributed by atoms with Gasteiger partial charge < -0.3 is 20.9 Å². The summed E-state index contributed by atoms with van der Waals surface area (Å²) >= 11 is -5.82. The second kappa shape index (κ2) is 11.4. The minimum atomic E-state index is -5.82. The van der Waals surface area contributed by atoms with Crippen LogP contribution in [0.15, 0.2) is 95.9 Å². The van der Waals surface area contributed by atoms with Crippen molar-refractivity contribution in [3.63, 3.8) is 0 Å². The first-order valence-corrected chi connectivity index (χ1v) is 17.0. The molecule has 0 radical (unpaired) electrons. The van der Waals surface area contributed by atoms with Gasteiger partial charge in [0, 0.05) is 39.6 Å². The van der Waals surface area contributed by atoms with Gasteiger partial charge in [0.15, 0.2) is 0 Å². The van der Waals surface area contributed by atoms with Crippen molar-refractivity contribution in [1.29, 1.82) is 0 Å². The second-order valence-corrected chi connectivity index (χ2v) is 13.4. The molecular weight excluding hydrogens is 602 g/mol. The van der Waals surface area contributed by atoms with Crippen LogP contribution in [0.2, 0.25) is 0 Å². The number of fused-ring (bicyclic) bond motifs is 4. The average molecular weight is 639 g/mol. The minimum Gasteiger partial charge on any atom is -0.399 e. The van der Waals surface area contributed by atoms with Crippen LogP contribution in [0.25, 0.3) is 33.8 Å². The molecule has 1 aliphatic carbocycles. The molecule has 46 heavy (non-hydrogen) atoms. The maximum atomic E-state index is 16.1. The maximum Gasteiger partial charge on any atom is 0.241 e. The highest BCUT2D eigenvalue weighted by Crippen LogP contribution is 2.68. The third-order valence-electron chi connectivity index (χ3n) is 9.38. The molecule has 5 aromatic rings. The van der Waals surface area contributed by atoms with Crippen LogP contribution in [0.5, 0.6) is 0 Å². The number of aromatic nitrogens is 1. The first-order chi connectivity index (χ1) is 22.1. The van der Waals surface area contributed by atoms with Crippen LogP contribution in [0.1, 0.15) is 55.0 Å². The number of hydrogen-bond donors (Lipinski definition) is 2. The maximum absolute atomic E-state index is 16.1. The number of halogens is 3. The van der Waals surface area contributed by atoms with Gasteiger partial charge in [0.05, 0.1) is 22.9 Å². The molecule has 2 heterocycles. The highest BCUT2D eigenvalue weighted by atomic mass is 32.3. The second-order valence-electron chi connectivity index (χ2n) is 12.2. The Morgan fingerprint density at radius 3 is 2.48 bits per heavy atom. The number of nitrogens with zero attached hydrogens (tertiary/aromatic N) is 2. The first-order valence-electron chi connectivity index (χ1n) is 15.7. The molecule has 4 aromatic carbocycles. The van der Waals surface area contributed by atoms with Gasteiger partial charge in [-0.25, -0.2) is 0 Å². The molecule has 1 aliphatic heterocycles. The Labute approximate surface area is 270 Å². The third-order valence-corrected chi connectivity index (χ3v) is 10.2. The predicted octanol–water partition coefficient (Wildman–Crippen LogP) is 11.1. The quantitative estimate of drug-likeness (QED) is 0.144. The Hall–Kier alpha value is -4.56. The van der Waals surface area contributed by atoms with E-state index in [1.165, 1.54) is 0 Å². The lowest BCUT2D eigenvalue weighted by Crippen LogP contribution is -2.29. The molecule has 0 saturated heterocycles. The van der Waals surface area contributed by atoms with Crippen molar-refractivity contribution in [3.8, 4) is 16.8 Å². The molecule has 8 heteroatoms. The van der Waals surface area contributed by atoms with E-state index in [1.54, 1.807) is 34.9 Å². The number of benzene rings is 4. The Morgan fingerprint density at radius 2 is 1.74 bits per heavy atom. The fraction of sp³-hybridized carbons (Fsp3) is 0.211. The van der Waals surface area contributed by atoms with Crippen LogP contribution >= 0.6 is 11.2 Å². The monoisotopic (exact) mass is 638 g/mol. The normalized spacial score (nSPS) is 18.0. The van der Waals surface area contributed by atoms with Gasteiger partial charge in [0.25, 0.3) is 0 Å². The van der Waals surface area contributed by atoms with E-state index in [-0.39, 0.29) is 23.3 Å². The van der Waals surface area contributed by atoms with Crippen LogP contribution in [-0.2, 0) is 6.42 Å². The lowest BCUT2D eigenvalue weighted by Gasteiger charge is -2.34. The molecule has 0 fully saturated rings. The van der Waals surface area contributed by atoms with E-state index in [0.29, 0.717) is 28.0 Å². The molecule has 2 aliphatic rings. The Kier molecular flexibility index (Phi) is 7.43. The summed E-state index contributed by atoms with van der Waals surface area (Å²) in [6, 6.07) is 22.1. The molecule has 236 valence electrons. The van der Waals surface area contributed by atoms with Gasteiger partial charge in [-0.2, -0.15) is 0 Å². The lowest BCUT2D eigenvalue weighted by atomic mass is 9.91. The average Bonchev–Trinajstić information content (AvgIpc) is 3.51. The van der Waals surface area contributed by atoms with Gasteiger partial charge in [-0.15, -0.1) is 11.7 Å². The standard InChI is InChI=1S/C38H37F3N4S/c1-4-9-32-27(5-2)30-16-14-23(3)20-35(30)45(32)37-28(24-10-8-11-25(42)21-24)18-19-34(38(37)46(39,40)41)44-33-13-7-6-12-29(33)31-17-15-26(43)22-36(31)44/h4,7-11,13-22,27,32H,5-6,12,42-43H2,1-3H3/b9-4-. The molecular formula is C38H37F3N4S. The van der Waals surface area contributed by atoms with E-state index in [4.69, 9.17) is 11.5 Å². The number of anilines is 4. The fourth-order valence-corrected chi connectivity index (χ4v) is 8.33. The van der Waals surface area contributed by atoms with Gasteiger partial charge in [-0.05, 0) is 97.8 Å². The van der Waals surface area contributed by atoms with Crippen molar-refractivity contribution in [2.24, 2.45) is 0 Å². The zero-order chi connectivity index (χ0) is 32.3. The van der Waals surface area contributed by atoms with E-state index in [2.05, 4.69) is 19.1 Å². The molecule has 1 aromatic heterocycles. The van der Waals surface area contributed by atoms with Crippen LogP contribution in [0.4, 0.5) is 34.4 Å². The molecule has 4 N–H and O–H groups in total. The highest BCUT2D eigenvalue weighted by molar-refractivity contribution is 8.21. The van der Waals surface area contributed by atoms with Gasteiger partial charge in [0.2, 0.25) is 11.2 Å². The van der Waals surface area contributed by atoms with Crippen molar-refractivity contribution in [3.05, 3.63) is 113 Å². The van der Waals surface area contributed by atoms with Crippen molar-refractivity contribution < 1.29 is 11.7 Å². The number of allylic oxidation sites excluding steroid dienone is 2. The molecule has 7 rings (SSSR count). The van der Waals surface area contributed by atoms with Crippen molar-refractivity contribution in [1.82, 2.24) is 4.57 Å². The SMILES string of the molecule is C/C=C\C1C(CC)c2ccc(C)cc2N1c1c(-c2cccc(N)c2)ccc(-n2c3c(c4ccc(N)cc42)CCC=C3)c1S(F)(F)F. The number of rotatable bonds is 6. The summed E-state index contributed by atoms with van der Waals surface area (Å²) in [5, 5.41) is 0.929. The number of nitrogens with two attached hydrogens (primary N) is 2. The Morgan fingerprint density at radius 1 is 0.935 bits per heavy atom. The van der Waals surface area contributed by atoms with E-state index < -0.39 is 16.1 Å².